The van der Waals surface area contributed by atoms with Gasteiger partial charge in [0.15, 0.2) is 0 Å². The van der Waals surface area contributed by atoms with Crippen molar-refractivity contribution in [3.05, 3.63) is 47.8 Å². The first-order valence-electron chi connectivity index (χ1n) is 8.20. The first kappa shape index (κ1) is 25.2. The number of hydrogen-bond acceptors (Lipinski definition) is 5. The minimum Gasteiger partial charge on any atom is -0.496 e. The second-order valence-electron chi connectivity index (χ2n) is 6.14. The second-order valence-corrected chi connectivity index (χ2v) is 6.14. The van der Waals surface area contributed by atoms with Crippen LogP contribution in [0.3, 0.4) is 0 Å². The standard InChI is InChI=1S/C18H27N5O2.2ClH/c1-19-17(13-10-21-23(4)12-13)18(24)20-11-15(22(2)3)14-8-6-7-9-16(14)25-5;;/h6-10,12,15,17,19H,11H2,1-5H3,(H,20,24);2*1H. The lowest BCUT2D eigenvalue weighted by molar-refractivity contribution is -0.123. The maximum absolute atomic E-state index is 12.6. The zero-order valence-electron chi connectivity index (χ0n) is 16.3. The number of amides is 1. The molecule has 2 rings (SSSR count). The first-order valence-corrected chi connectivity index (χ1v) is 8.20. The first-order chi connectivity index (χ1) is 12.0. The Hall–Kier alpha value is -1.80. The molecular formula is C18H29Cl2N5O2. The van der Waals surface area contributed by atoms with Crippen molar-refractivity contribution in [2.24, 2.45) is 7.05 Å². The van der Waals surface area contributed by atoms with Gasteiger partial charge in [-0.2, -0.15) is 5.10 Å². The van der Waals surface area contributed by atoms with Crippen molar-refractivity contribution in [2.45, 2.75) is 12.1 Å². The van der Waals surface area contributed by atoms with Crippen LogP contribution < -0.4 is 15.4 Å². The average Bonchev–Trinajstić information content (AvgIpc) is 3.02. The van der Waals surface area contributed by atoms with E-state index in [-0.39, 0.29) is 36.8 Å². The number of aromatic nitrogens is 2. The van der Waals surface area contributed by atoms with Crippen molar-refractivity contribution >= 4 is 30.7 Å². The largest absolute Gasteiger partial charge is 0.496 e. The van der Waals surface area contributed by atoms with Crippen molar-refractivity contribution < 1.29 is 9.53 Å². The third-order valence-corrected chi connectivity index (χ3v) is 4.20. The highest BCUT2D eigenvalue weighted by atomic mass is 35.5. The molecule has 152 valence electrons. The maximum Gasteiger partial charge on any atom is 0.241 e. The quantitative estimate of drug-likeness (QED) is 0.686. The zero-order chi connectivity index (χ0) is 18.4. The summed E-state index contributed by atoms with van der Waals surface area (Å²) in [5.74, 6) is 0.727. The Morgan fingerprint density at radius 1 is 1.30 bits per heavy atom. The molecule has 1 aromatic carbocycles. The predicted molar refractivity (Wildman–Crippen MR) is 112 cm³/mol. The Bertz CT molecular complexity index is 709. The summed E-state index contributed by atoms with van der Waals surface area (Å²) in [5, 5.41) is 10.2. The van der Waals surface area contributed by atoms with Gasteiger partial charge in [-0.3, -0.25) is 9.48 Å². The molecule has 0 aliphatic carbocycles. The summed E-state index contributed by atoms with van der Waals surface area (Å²) in [7, 11) is 9.22. The number of likely N-dealkylation sites (N-methyl/N-ethyl adjacent to an activating group) is 2. The number of halogens is 2. The summed E-state index contributed by atoms with van der Waals surface area (Å²) in [6, 6.07) is 7.43. The number of carbonyl (C=O) groups is 1. The van der Waals surface area contributed by atoms with Crippen LogP contribution in [-0.4, -0.2) is 55.4 Å². The van der Waals surface area contributed by atoms with Crippen LogP contribution in [0.5, 0.6) is 5.75 Å². The number of methoxy groups -OCH3 is 1. The minimum absolute atomic E-state index is 0. The molecule has 9 heteroatoms. The lowest BCUT2D eigenvalue weighted by Gasteiger charge is -2.27. The molecule has 2 aromatic rings. The molecule has 7 nitrogen and oxygen atoms in total. The van der Waals surface area contributed by atoms with Gasteiger partial charge < -0.3 is 20.3 Å². The average molecular weight is 418 g/mol. The molecule has 0 aliphatic rings. The molecule has 1 aromatic heterocycles. The Kier molecular flexibility index (Phi) is 11.0. The van der Waals surface area contributed by atoms with Crippen LogP contribution in [0.2, 0.25) is 0 Å². The number of rotatable bonds is 8. The third-order valence-electron chi connectivity index (χ3n) is 4.20. The molecule has 2 atom stereocenters. The monoisotopic (exact) mass is 417 g/mol. The van der Waals surface area contributed by atoms with Crippen LogP contribution in [0.1, 0.15) is 23.2 Å². The Balaban J connectivity index is 0.00000338. The number of ether oxygens (including phenoxy) is 1. The number of para-hydroxylation sites is 1. The predicted octanol–water partition coefficient (Wildman–Crippen LogP) is 1.95. The van der Waals surface area contributed by atoms with Gasteiger partial charge in [0.05, 0.1) is 19.3 Å². The third kappa shape index (κ3) is 6.39. The van der Waals surface area contributed by atoms with Crippen LogP contribution in [0.25, 0.3) is 0 Å². The van der Waals surface area contributed by atoms with Crippen molar-refractivity contribution in [3.8, 4) is 5.75 Å². The lowest BCUT2D eigenvalue weighted by Crippen LogP contribution is -2.40. The van der Waals surface area contributed by atoms with E-state index in [0.717, 1.165) is 16.9 Å². The van der Waals surface area contributed by atoms with Gasteiger partial charge in [-0.05, 0) is 27.2 Å². The van der Waals surface area contributed by atoms with E-state index >= 15 is 0 Å². The summed E-state index contributed by atoms with van der Waals surface area (Å²) in [6.45, 7) is 0.477. The molecule has 2 N–H and O–H groups in total. The van der Waals surface area contributed by atoms with E-state index in [1.54, 1.807) is 25.0 Å². The fourth-order valence-corrected chi connectivity index (χ4v) is 2.85. The summed E-state index contributed by atoms with van der Waals surface area (Å²) < 4.78 is 7.15. The van der Waals surface area contributed by atoms with Gasteiger partial charge in [0.2, 0.25) is 5.91 Å². The van der Waals surface area contributed by atoms with Gasteiger partial charge in [-0.1, -0.05) is 18.2 Å². The molecule has 0 fully saturated rings. The SMILES string of the molecule is CNC(C(=O)NCC(c1ccccc1OC)N(C)C)c1cnn(C)c1.Cl.Cl. The highest BCUT2D eigenvalue weighted by Gasteiger charge is 2.23. The van der Waals surface area contributed by atoms with Gasteiger partial charge >= 0.3 is 0 Å². The molecule has 0 spiro atoms. The number of nitrogens with zero attached hydrogens (tertiary/aromatic N) is 3. The molecule has 1 heterocycles. The number of benzene rings is 1. The maximum atomic E-state index is 12.6. The molecule has 27 heavy (non-hydrogen) atoms. The second kappa shape index (κ2) is 11.8. The van der Waals surface area contributed by atoms with Crippen LogP contribution >= 0.6 is 24.8 Å². The number of hydrogen-bond donors (Lipinski definition) is 2. The Morgan fingerprint density at radius 3 is 2.48 bits per heavy atom. The Labute approximate surface area is 173 Å². The molecule has 1 amide bonds. The minimum atomic E-state index is -0.436. The highest BCUT2D eigenvalue weighted by molar-refractivity contribution is 5.85. The molecular weight excluding hydrogens is 389 g/mol. The van der Waals surface area contributed by atoms with Crippen LogP contribution in [-0.2, 0) is 11.8 Å². The van der Waals surface area contributed by atoms with Gasteiger partial charge in [0, 0.05) is 30.9 Å². The van der Waals surface area contributed by atoms with E-state index < -0.39 is 6.04 Å². The molecule has 0 aliphatic heterocycles. The molecule has 0 saturated heterocycles. The number of nitrogens with one attached hydrogen (secondary N) is 2. The van der Waals surface area contributed by atoms with Crippen molar-refractivity contribution in [3.63, 3.8) is 0 Å². The van der Waals surface area contributed by atoms with E-state index in [9.17, 15) is 4.79 Å². The molecule has 2 unspecified atom stereocenters. The van der Waals surface area contributed by atoms with Gasteiger partial charge in [-0.15, -0.1) is 24.8 Å². The van der Waals surface area contributed by atoms with Gasteiger partial charge in [-0.25, -0.2) is 0 Å². The number of carbonyl (C=O) groups excluding carboxylic acids is 1. The van der Waals surface area contributed by atoms with E-state index in [0.29, 0.717) is 6.54 Å². The smallest absolute Gasteiger partial charge is 0.241 e. The van der Waals surface area contributed by atoms with Gasteiger partial charge in [0.1, 0.15) is 11.8 Å². The zero-order valence-corrected chi connectivity index (χ0v) is 17.9. The van der Waals surface area contributed by atoms with E-state index in [1.165, 1.54) is 0 Å². The van der Waals surface area contributed by atoms with Gasteiger partial charge in [0.25, 0.3) is 0 Å². The summed E-state index contributed by atoms with van der Waals surface area (Å²) in [4.78, 5) is 14.7. The summed E-state index contributed by atoms with van der Waals surface area (Å²) >= 11 is 0. The molecule has 0 saturated carbocycles. The molecule has 0 bridgehead atoms. The van der Waals surface area contributed by atoms with Crippen LogP contribution in [0.4, 0.5) is 0 Å². The van der Waals surface area contributed by atoms with Crippen molar-refractivity contribution in [1.29, 1.82) is 0 Å². The highest BCUT2D eigenvalue weighted by Crippen LogP contribution is 2.27. The van der Waals surface area contributed by atoms with Crippen LogP contribution in [0.15, 0.2) is 36.7 Å². The molecule has 0 radical (unpaired) electrons. The number of aryl methyl sites for hydroxylation is 1. The fourth-order valence-electron chi connectivity index (χ4n) is 2.85. The van der Waals surface area contributed by atoms with Crippen molar-refractivity contribution in [2.75, 3.05) is 34.8 Å². The van der Waals surface area contributed by atoms with E-state index in [1.807, 2.05) is 51.6 Å². The fraction of sp³-hybridized carbons (Fsp3) is 0.444. The lowest BCUT2D eigenvalue weighted by atomic mass is 10.0. The summed E-state index contributed by atoms with van der Waals surface area (Å²) in [6.07, 6.45) is 3.54. The summed E-state index contributed by atoms with van der Waals surface area (Å²) in [5.41, 5.74) is 1.87. The van der Waals surface area contributed by atoms with Crippen molar-refractivity contribution in [1.82, 2.24) is 25.3 Å². The van der Waals surface area contributed by atoms with E-state index in [2.05, 4.69) is 20.6 Å². The normalized spacial score (nSPS) is 12.5. The Morgan fingerprint density at radius 2 is 1.96 bits per heavy atom. The van der Waals surface area contributed by atoms with E-state index in [4.69, 9.17) is 4.74 Å². The van der Waals surface area contributed by atoms with Crippen LogP contribution in [0, 0.1) is 0 Å². The topological polar surface area (TPSA) is 71.4 Å².